The molecule has 1 saturated carbocycles. The Morgan fingerprint density at radius 2 is 2.10 bits per heavy atom. The summed E-state index contributed by atoms with van der Waals surface area (Å²) >= 11 is 0. The van der Waals surface area contributed by atoms with Crippen molar-refractivity contribution >= 4 is 0 Å². The van der Waals surface area contributed by atoms with Crippen LogP contribution in [0, 0.1) is 11.3 Å². The van der Waals surface area contributed by atoms with Crippen molar-refractivity contribution in [3.8, 4) is 0 Å². The number of hydrogen-bond acceptors (Lipinski definition) is 1. The highest BCUT2D eigenvalue weighted by Crippen LogP contribution is 2.44. The summed E-state index contributed by atoms with van der Waals surface area (Å²) in [6.07, 6.45) is 9.57. The lowest BCUT2D eigenvalue weighted by Gasteiger charge is -2.40. The lowest BCUT2D eigenvalue weighted by molar-refractivity contribution is 0.102. The second-order valence-corrected chi connectivity index (χ2v) is 3.72. The summed E-state index contributed by atoms with van der Waals surface area (Å²) in [7, 11) is 0. The van der Waals surface area contributed by atoms with E-state index in [-0.39, 0.29) is 5.41 Å². The quantitative estimate of drug-likeness (QED) is 0.547. The van der Waals surface area contributed by atoms with Gasteiger partial charge in [-0.25, -0.2) is 0 Å². The first kappa shape index (κ1) is 6.41. The molecule has 3 rings (SSSR count). The topological polar surface area (TPSA) is 20.2 Å². The molecule has 0 spiro atoms. The zero-order chi connectivity index (χ0) is 7.03. The summed E-state index contributed by atoms with van der Waals surface area (Å²) < 4.78 is 0. The van der Waals surface area contributed by atoms with Crippen molar-refractivity contribution in [3.05, 3.63) is 12.2 Å². The van der Waals surface area contributed by atoms with Gasteiger partial charge >= 0.3 is 0 Å². The zero-order valence-corrected chi connectivity index (χ0v) is 6.21. The van der Waals surface area contributed by atoms with Gasteiger partial charge in [-0.15, -0.1) is 0 Å². The van der Waals surface area contributed by atoms with E-state index in [9.17, 15) is 0 Å². The first-order valence-electron chi connectivity index (χ1n) is 4.15. The van der Waals surface area contributed by atoms with Crippen LogP contribution in [-0.2, 0) is 0 Å². The monoisotopic (exact) mass is 138 g/mol. The smallest absolute Gasteiger partial charge is 0.0521 e. The number of rotatable bonds is 1. The Hall–Kier alpha value is -0.300. The van der Waals surface area contributed by atoms with Crippen molar-refractivity contribution in [2.24, 2.45) is 11.3 Å². The Labute approximate surface area is 61.8 Å². The van der Waals surface area contributed by atoms with Crippen LogP contribution in [0.2, 0.25) is 0 Å². The molecule has 56 valence electrons. The maximum absolute atomic E-state index is 9.11. The Morgan fingerprint density at radius 1 is 1.40 bits per heavy atom. The van der Waals surface area contributed by atoms with Crippen molar-refractivity contribution in [2.45, 2.75) is 25.7 Å². The van der Waals surface area contributed by atoms with Gasteiger partial charge in [0.15, 0.2) is 0 Å². The standard InChI is InChI=1S/C9H14O/c10-7-9-4-1-8(2-5-9)3-6-9/h1,4,8,10H,2-3,5-7H2. The van der Waals surface area contributed by atoms with Crippen molar-refractivity contribution in [2.75, 3.05) is 6.61 Å². The molecule has 1 nitrogen and oxygen atoms in total. The van der Waals surface area contributed by atoms with Gasteiger partial charge in [-0.05, 0) is 31.6 Å². The normalized spacial score (nSPS) is 44.3. The van der Waals surface area contributed by atoms with Crippen molar-refractivity contribution in [3.63, 3.8) is 0 Å². The first-order chi connectivity index (χ1) is 4.85. The number of aliphatic hydroxyl groups is 1. The third-order valence-corrected chi connectivity index (χ3v) is 3.06. The molecule has 0 aliphatic heterocycles. The molecule has 0 aromatic rings. The highest BCUT2D eigenvalue weighted by Gasteiger charge is 2.35. The molecular weight excluding hydrogens is 124 g/mol. The van der Waals surface area contributed by atoms with E-state index in [4.69, 9.17) is 5.11 Å². The third kappa shape index (κ3) is 0.807. The highest BCUT2D eigenvalue weighted by atomic mass is 16.3. The molecule has 0 amide bonds. The molecule has 0 heterocycles. The van der Waals surface area contributed by atoms with Gasteiger partial charge in [0.2, 0.25) is 0 Å². The molecule has 0 saturated heterocycles. The van der Waals surface area contributed by atoms with E-state index in [2.05, 4.69) is 12.2 Å². The van der Waals surface area contributed by atoms with Gasteiger partial charge in [-0.2, -0.15) is 0 Å². The van der Waals surface area contributed by atoms with Crippen LogP contribution in [0.1, 0.15) is 25.7 Å². The lowest BCUT2D eigenvalue weighted by atomic mass is 9.66. The van der Waals surface area contributed by atoms with Gasteiger partial charge in [-0.3, -0.25) is 0 Å². The van der Waals surface area contributed by atoms with E-state index in [1.54, 1.807) is 0 Å². The van der Waals surface area contributed by atoms with Crippen molar-refractivity contribution in [1.29, 1.82) is 0 Å². The Kier molecular flexibility index (Phi) is 1.34. The van der Waals surface area contributed by atoms with Crippen LogP contribution in [-0.4, -0.2) is 11.7 Å². The summed E-state index contributed by atoms with van der Waals surface area (Å²) in [6.45, 7) is 0.357. The fourth-order valence-electron chi connectivity index (χ4n) is 2.13. The van der Waals surface area contributed by atoms with E-state index in [1.165, 1.54) is 25.7 Å². The molecule has 0 unspecified atom stereocenters. The zero-order valence-electron chi connectivity index (χ0n) is 6.21. The minimum absolute atomic E-state index is 0.203. The molecule has 0 atom stereocenters. The molecule has 1 N–H and O–H groups in total. The minimum atomic E-state index is 0.203. The molecule has 1 fully saturated rings. The molecule has 1 heteroatoms. The predicted molar refractivity (Wildman–Crippen MR) is 40.6 cm³/mol. The Balaban J connectivity index is 2.22. The minimum Gasteiger partial charge on any atom is -0.395 e. The summed E-state index contributed by atoms with van der Waals surface area (Å²) in [4.78, 5) is 0. The van der Waals surface area contributed by atoms with Crippen LogP contribution in [0.25, 0.3) is 0 Å². The molecule has 3 aliphatic rings. The molecule has 3 aliphatic carbocycles. The molecule has 10 heavy (non-hydrogen) atoms. The van der Waals surface area contributed by atoms with Gasteiger partial charge in [0.05, 0.1) is 6.61 Å². The SMILES string of the molecule is OCC12C=CC(CC1)CC2. The Morgan fingerprint density at radius 3 is 2.40 bits per heavy atom. The van der Waals surface area contributed by atoms with Gasteiger partial charge in [0.25, 0.3) is 0 Å². The molecular formula is C9H14O. The van der Waals surface area contributed by atoms with Crippen LogP contribution in [0.5, 0.6) is 0 Å². The fraction of sp³-hybridized carbons (Fsp3) is 0.778. The number of fused-ring (bicyclic) bond motifs is 2. The van der Waals surface area contributed by atoms with Crippen molar-refractivity contribution < 1.29 is 5.11 Å². The van der Waals surface area contributed by atoms with Gasteiger partial charge < -0.3 is 5.11 Å². The van der Waals surface area contributed by atoms with Crippen LogP contribution in [0.3, 0.4) is 0 Å². The number of aliphatic hydroxyl groups excluding tert-OH is 1. The number of hydrogen-bond donors (Lipinski definition) is 1. The van der Waals surface area contributed by atoms with E-state index in [0.29, 0.717) is 6.61 Å². The maximum Gasteiger partial charge on any atom is 0.0521 e. The van der Waals surface area contributed by atoms with Crippen LogP contribution >= 0.6 is 0 Å². The molecule has 0 aromatic heterocycles. The second kappa shape index (κ2) is 2.09. The predicted octanol–water partition coefficient (Wildman–Crippen LogP) is 1.73. The van der Waals surface area contributed by atoms with E-state index in [0.717, 1.165) is 5.92 Å². The van der Waals surface area contributed by atoms with E-state index >= 15 is 0 Å². The van der Waals surface area contributed by atoms with Crippen molar-refractivity contribution in [1.82, 2.24) is 0 Å². The van der Waals surface area contributed by atoms with Gasteiger partial charge in [-0.1, -0.05) is 12.2 Å². The Bertz CT molecular complexity index is 152. The fourth-order valence-corrected chi connectivity index (χ4v) is 2.13. The van der Waals surface area contributed by atoms with Crippen LogP contribution in [0.15, 0.2) is 12.2 Å². The van der Waals surface area contributed by atoms with E-state index in [1.807, 2.05) is 0 Å². The third-order valence-electron chi connectivity index (χ3n) is 3.06. The maximum atomic E-state index is 9.11. The highest BCUT2D eigenvalue weighted by molar-refractivity contribution is 5.10. The summed E-state index contributed by atoms with van der Waals surface area (Å²) in [6, 6.07) is 0. The molecule has 0 aromatic carbocycles. The van der Waals surface area contributed by atoms with Crippen LogP contribution < -0.4 is 0 Å². The van der Waals surface area contributed by atoms with Crippen LogP contribution in [0.4, 0.5) is 0 Å². The van der Waals surface area contributed by atoms with E-state index < -0.39 is 0 Å². The largest absolute Gasteiger partial charge is 0.395 e. The van der Waals surface area contributed by atoms with Gasteiger partial charge in [0.1, 0.15) is 0 Å². The summed E-state index contributed by atoms with van der Waals surface area (Å²) in [5, 5.41) is 9.11. The average Bonchev–Trinajstić information content (AvgIpc) is 2.08. The first-order valence-corrected chi connectivity index (χ1v) is 4.15. The molecule has 2 bridgehead atoms. The second-order valence-electron chi connectivity index (χ2n) is 3.72. The van der Waals surface area contributed by atoms with Gasteiger partial charge in [0, 0.05) is 5.41 Å². The summed E-state index contributed by atoms with van der Waals surface area (Å²) in [5.74, 6) is 0.841. The lowest BCUT2D eigenvalue weighted by Crippen LogP contribution is -2.32. The summed E-state index contributed by atoms with van der Waals surface area (Å²) in [5.41, 5.74) is 0.203. The molecule has 0 radical (unpaired) electrons. The average molecular weight is 138 g/mol. The number of allylic oxidation sites excluding steroid dienone is 1.